The molecule has 0 amide bonds. The minimum atomic E-state index is -1.69. The van der Waals surface area contributed by atoms with Crippen LogP contribution in [0.4, 0.5) is 0 Å². The van der Waals surface area contributed by atoms with Crippen LogP contribution in [0.15, 0.2) is 12.1 Å². The molecule has 1 aromatic rings. The molecular weight excluding hydrogens is 312 g/mol. The van der Waals surface area contributed by atoms with Crippen molar-refractivity contribution < 1.29 is 9.22 Å². The highest BCUT2D eigenvalue weighted by Crippen LogP contribution is 2.37. The zero-order chi connectivity index (χ0) is 18.3. The van der Waals surface area contributed by atoms with Crippen LogP contribution in [-0.4, -0.2) is 20.7 Å². The SMILES string of the molecule is CC(C)(C)c1cc(CCO[Si](C)(C)C(C)(C)C)cc2c1C(=O)CC2. The molecule has 0 atom stereocenters. The number of aryl methyl sites for hydroxylation is 1. The molecule has 0 aliphatic heterocycles. The Labute approximate surface area is 149 Å². The third-order valence-corrected chi connectivity index (χ3v) is 10.2. The van der Waals surface area contributed by atoms with E-state index >= 15 is 0 Å². The minimum absolute atomic E-state index is 0.000378. The van der Waals surface area contributed by atoms with E-state index in [-0.39, 0.29) is 10.5 Å². The first-order valence-corrected chi connectivity index (χ1v) is 12.1. The monoisotopic (exact) mass is 346 g/mol. The molecule has 1 aromatic carbocycles. The molecule has 134 valence electrons. The number of hydrogen-bond acceptors (Lipinski definition) is 2. The van der Waals surface area contributed by atoms with Crippen LogP contribution in [0.5, 0.6) is 0 Å². The van der Waals surface area contributed by atoms with E-state index in [1.165, 1.54) is 16.7 Å². The van der Waals surface area contributed by atoms with E-state index in [1.807, 2.05) is 0 Å². The summed E-state index contributed by atoms with van der Waals surface area (Å²) in [5, 5.41) is 0.244. The van der Waals surface area contributed by atoms with Gasteiger partial charge in [0, 0.05) is 18.6 Å². The number of fused-ring (bicyclic) bond motifs is 1. The van der Waals surface area contributed by atoms with Gasteiger partial charge in [-0.15, -0.1) is 0 Å². The average Bonchev–Trinajstić information content (AvgIpc) is 2.77. The zero-order valence-corrected chi connectivity index (χ0v) is 17.8. The van der Waals surface area contributed by atoms with Crippen LogP contribution in [0, 0.1) is 0 Å². The molecule has 1 aliphatic rings. The van der Waals surface area contributed by atoms with E-state index in [0.717, 1.165) is 25.0 Å². The highest BCUT2D eigenvalue weighted by molar-refractivity contribution is 6.74. The van der Waals surface area contributed by atoms with Crippen molar-refractivity contribution in [1.82, 2.24) is 0 Å². The van der Waals surface area contributed by atoms with Crippen molar-refractivity contribution in [2.24, 2.45) is 0 Å². The van der Waals surface area contributed by atoms with Crippen LogP contribution < -0.4 is 0 Å². The maximum absolute atomic E-state index is 12.3. The Morgan fingerprint density at radius 3 is 2.21 bits per heavy atom. The third-order valence-electron chi connectivity index (χ3n) is 5.65. The zero-order valence-electron chi connectivity index (χ0n) is 16.8. The van der Waals surface area contributed by atoms with Crippen LogP contribution in [0.25, 0.3) is 0 Å². The molecule has 1 aliphatic carbocycles. The second-order valence-corrected chi connectivity index (χ2v) is 14.5. The fourth-order valence-electron chi connectivity index (χ4n) is 3.04. The standard InChI is InChI=1S/C21H34O2Si/c1-20(2,3)17-14-15(13-16-9-10-18(22)19(16)17)11-12-23-24(7,8)21(4,5)6/h13-14H,9-12H2,1-8H3. The lowest BCUT2D eigenvalue weighted by Gasteiger charge is -2.36. The summed E-state index contributed by atoms with van der Waals surface area (Å²) in [6, 6.07) is 4.49. The van der Waals surface area contributed by atoms with Gasteiger partial charge in [-0.3, -0.25) is 4.79 Å². The molecule has 0 fully saturated rings. The van der Waals surface area contributed by atoms with E-state index in [4.69, 9.17) is 4.43 Å². The predicted octanol–water partition coefficient (Wildman–Crippen LogP) is 5.68. The largest absolute Gasteiger partial charge is 0.416 e. The van der Waals surface area contributed by atoms with Crippen molar-refractivity contribution >= 4 is 14.1 Å². The van der Waals surface area contributed by atoms with Gasteiger partial charge in [-0.1, -0.05) is 53.7 Å². The Morgan fingerprint density at radius 2 is 1.67 bits per heavy atom. The van der Waals surface area contributed by atoms with Crippen LogP contribution in [-0.2, 0) is 22.7 Å². The third kappa shape index (κ3) is 4.00. The van der Waals surface area contributed by atoms with Crippen LogP contribution in [0.3, 0.4) is 0 Å². The molecule has 0 spiro atoms. The molecule has 0 unspecified atom stereocenters. The quantitative estimate of drug-likeness (QED) is 0.656. The van der Waals surface area contributed by atoms with Crippen molar-refractivity contribution in [1.29, 1.82) is 0 Å². The summed E-state index contributed by atoms with van der Waals surface area (Å²) in [7, 11) is -1.69. The lowest BCUT2D eigenvalue weighted by atomic mass is 9.81. The molecule has 0 bridgehead atoms. The van der Waals surface area contributed by atoms with Crippen molar-refractivity contribution in [2.45, 2.75) is 84.4 Å². The van der Waals surface area contributed by atoms with Gasteiger partial charge in [0.25, 0.3) is 0 Å². The summed E-state index contributed by atoms with van der Waals surface area (Å²) in [5.74, 6) is 0.319. The van der Waals surface area contributed by atoms with E-state index in [2.05, 4.69) is 66.8 Å². The molecule has 0 N–H and O–H groups in total. The lowest BCUT2D eigenvalue weighted by molar-refractivity contribution is 0.0992. The fraction of sp³-hybridized carbons (Fsp3) is 0.667. The second kappa shape index (κ2) is 6.42. The molecule has 0 radical (unpaired) electrons. The number of carbonyl (C=O) groups excluding carboxylic acids is 1. The van der Waals surface area contributed by atoms with E-state index < -0.39 is 8.32 Å². The van der Waals surface area contributed by atoms with Gasteiger partial charge in [-0.2, -0.15) is 0 Å². The van der Waals surface area contributed by atoms with Gasteiger partial charge < -0.3 is 4.43 Å². The first kappa shape index (κ1) is 19.4. The van der Waals surface area contributed by atoms with Crippen LogP contribution >= 0.6 is 0 Å². The minimum Gasteiger partial charge on any atom is -0.416 e. The summed E-state index contributed by atoms with van der Waals surface area (Å²) in [6.45, 7) is 18.8. The van der Waals surface area contributed by atoms with Gasteiger partial charge in [0.05, 0.1) is 0 Å². The molecule has 0 saturated carbocycles. The van der Waals surface area contributed by atoms with Crippen LogP contribution in [0.1, 0.15) is 75.0 Å². The van der Waals surface area contributed by atoms with Gasteiger partial charge in [0.1, 0.15) is 0 Å². The highest BCUT2D eigenvalue weighted by Gasteiger charge is 2.37. The van der Waals surface area contributed by atoms with Crippen molar-refractivity contribution in [2.75, 3.05) is 6.61 Å². The summed E-state index contributed by atoms with van der Waals surface area (Å²) in [5.41, 5.74) is 4.77. The Balaban J connectivity index is 2.20. The Bertz CT molecular complexity index is 630. The second-order valence-electron chi connectivity index (χ2n) is 9.71. The number of benzene rings is 1. The molecule has 2 rings (SSSR count). The smallest absolute Gasteiger partial charge is 0.191 e. The molecule has 24 heavy (non-hydrogen) atoms. The highest BCUT2D eigenvalue weighted by atomic mass is 28.4. The Morgan fingerprint density at radius 1 is 1.04 bits per heavy atom. The van der Waals surface area contributed by atoms with E-state index in [0.29, 0.717) is 12.2 Å². The number of ketones is 1. The average molecular weight is 347 g/mol. The van der Waals surface area contributed by atoms with Gasteiger partial charge in [0.2, 0.25) is 0 Å². The van der Waals surface area contributed by atoms with Crippen LogP contribution in [0.2, 0.25) is 18.1 Å². The molecule has 2 nitrogen and oxygen atoms in total. The number of carbonyl (C=O) groups is 1. The maximum Gasteiger partial charge on any atom is 0.191 e. The van der Waals surface area contributed by atoms with Crippen molar-refractivity contribution in [3.05, 3.63) is 34.4 Å². The first-order valence-electron chi connectivity index (χ1n) is 9.16. The van der Waals surface area contributed by atoms with E-state index in [9.17, 15) is 4.79 Å². The maximum atomic E-state index is 12.3. The van der Waals surface area contributed by atoms with Gasteiger partial charge in [-0.05, 0) is 53.1 Å². The normalized spacial score (nSPS) is 15.8. The molecule has 3 heteroatoms. The number of hydrogen-bond donors (Lipinski definition) is 0. The molecular formula is C21H34O2Si. The summed E-state index contributed by atoms with van der Waals surface area (Å²) in [4.78, 5) is 12.3. The lowest BCUT2D eigenvalue weighted by Crippen LogP contribution is -2.41. The molecule has 0 heterocycles. The van der Waals surface area contributed by atoms with Gasteiger partial charge in [0.15, 0.2) is 14.1 Å². The van der Waals surface area contributed by atoms with Crippen molar-refractivity contribution in [3.8, 4) is 0 Å². The van der Waals surface area contributed by atoms with Gasteiger partial charge in [-0.25, -0.2) is 0 Å². The Kier molecular flexibility index (Phi) is 5.18. The Hall–Kier alpha value is -0.933. The topological polar surface area (TPSA) is 26.3 Å². The van der Waals surface area contributed by atoms with Crippen molar-refractivity contribution in [3.63, 3.8) is 0 Å². The molecule has 0 saturated heterocycles. The predicted molar refractivity (Wildman–Crippen MR) is 105 cm³/mol. The fourth-order valence-corrected chi connectivity index (χ4v) is 4.09. The number of rotatable bonds is 4. The summed E-state index contributed by atoms with van der Waals surface area (Å²) >= 11 is 0. The van der Waals surface area contributed by atoms with E-state index in [1.54, 1.807) is 0 Å². The summed E-state index contributed by atoms with van der Waals surface area (Å²) in [6.07, 6.45) is 2.49. The first-order chi connectivity index (χ1) is 10.8. The summed E-state index contributed by atoms with van der Waals surface area (Å²) < 4.78 is 6.34. The molecule has 0 aromatic heterocycles. The van der Waals surface area contributed by atoms with Gasteiger partial charge >= 0.3 is 0 Å². The number of Topliss-reactive ketones (excluding diaryl/α,β-unsaturated/α-hetero) is 1.